The molecule has 0 unspecified atom stereocenters. The minimum Gasteiger partial charge on any atom is -0.379 e. The lowest BCUT2D eigenvalue weighted by Gasteiger charge is -2.18. The maximum Gasteiger partial charge on any atom is 0.0992 e. The fourth-order valence-corrected chi connectivity index (χ4v) is 2.43. The Morgan fingerprint density at radius 2 is 2.47 bits per heavy atom. The lowest BCUT2D eigenvalue weighted by atomic mass is 10.2. The molecule has 19 heavy (non-hydrogen) atoms. The number of halogens is 1. The second kappa shape index (κ2) is 6.90. The van der Waals surface area contributed by atoms with Crippen LogP contribution in [0, 0.1) is 11.3 Å². The molecule has 102 valence electrons. The predicted molar refractivity (Wildman–Crippen MR) is 77.1 cm³/mol. The van der Waals surface area contributed by atoms with Crippen molar-refractivity contribution in [3.63, 3.8) is 0 Å². The molecule has 1 heterocycles. The zero-order chi connectivity index (χ0) is 13.7. The Hall–Kier alpha value is -1.09. The molecule has 5 heteroatoms. The summed E-state index contributed by atoms with van der Waals surface area (Å²) in [5.41, 5.74) is 1.61. The minimum absolute atomic E-state index is 0.199. The fourth-order valence-electron chi connectivity index (χ4n) is 1.93. The van der Waals surface area contributed by atoms with Gasteiger partial charge in [-0.25, -0.2) is 0 Å². The van der Waals surface area contributed by atoms with Crippen LogP contribution in [0.5, 0.6) is 0 Å². The maximum absolute atomic E-state index is 8.82. The van der Waals surface area contributed by atoms with Gasteiger partial charge in [0.25, 0.3) is 0 Å². The number of nitrogens with one attached hydrogen (secondary N) is 1. The highest BCUT2D eigenvalue weighted by Gasteiger charge is 2.17. The van der Waals surface area contributed by atoms with Crippen LogP contribution in [0.25, 0.3) is 0 Å². The maximum atomic E-state index is 8.82. The summed E-state index contributed by atoms with van der Waals surface area (Å²) < 4.78 is 11.9. The van der Waals surface area contributed by atoms with Gasteiger partial charge >= 0.3 is 0 Å². The van der Waals surface area contributed by atoms with Gasteiger partial charge in [-0.2, -0.15) is 5.26 Å². The molecule has 1 fully saturated rings. The third kappa shape index (κ3) is 4.20. The second-order valence-electron chi connectivity index (χ2n) is 4.67. The molecule has 0 amide bonds. The summed E-state index contributed by atoms with van der Waals surface area (Å²) in [5, 5.41) is 12.2. The Bertz CT molecular complexity index is 467. The quantitative estimate of drug-likeness (QED) is 0.904. The standard InChI is InChI=1S/C14H17BrN2O2/c1-10(8-19-12-4-5-18-9-12)17-14-3-2-11(7-16)6-13(14)15/h2-3,6,10,12,17H,4-5,8-9H2,1H3/t10-,12+/m0/s1. The van der Waals surface area contributed by atoms with Gasteiger partial charge in [0.15, 0.2) is 0 Å². The highest BCUT2D eigenvalue weighted by molar-refractivity contribution is 9.10. The van der Waals surface area contributed by atoms with Gasteiger partial charge in [0.2, 0.25) is 0 Å². The Labute approximate surface area is 121 Å². The summed E-state index contributed by atoms with van der Waals surface area (Å²) in [6.45, 7) is 4.21. The van der Waals surface area contributed by atoms with Crippen LogP contribution in [0.1, 0.15) is 18.9 Å². The lowest BCUT2D eigenvalue weighted by Crippen LogP contribution is -2.26. The molecule has 0 aliphatic carbocycles. The number of nitriles is 1. The van der Waals surface area contributed by atoms with Gasteiger partial charge in [-0.15, -0.1) is 0 Å². The van der Waals surface area contributed by atoms with Crippen molar-refractivity contribution in [1.29, 1.82) is 5.26 Å². The van der Waals surface area contributed by atoms with E-state index >= 15 is 0 Å². The minimum atomic E-state index is 0.199. The van der Waals surface area contributed by atoms with E-state index in [0.717, 1.165) is 23.2 Å². The second-order valence-corrected chi connectivity index (χ2v) is 5.53. The summed E-state index contributed by atoms with van der Waals surface area (Å²) >= 11 is 3.46. The number of anilines is 1. The number of hydrogen-bond donors (Lipinski definition) is 1. The molecule has 1 N–H and O–H groups in total. The Morgan fingerprint density at radius 1 is 1.63 bits per heavy atom. The van der Waals surface area contributed by atoms with Crippen LogP contribution in [-0.4, -0.2) is 32.0 Å². The molecule has 0 radical (unpaired) electrons. The Kier molecular flexibility index (Phi) is 5.20. The van der Waals surface area contributed by atoms with Crippen LogP contribution in [0.4, 0.5) is 5.69 Å². The topological polar surface area (TPSA) is 54.3 Å². The normalized spacial score (nSPS) is 19.9. The van der Waals surface area contributed by atoms with E-state index in [0.29, 0.717) is 18.8 Å². The SMILES string of the molecule is C[C@@H](CO[C@@H]1CCOC1)Nc1ccc(C#N)cc1Br. The van der Waals surface area contributed by atoms with Gasteiger partial charge < -0.3 is 14.8 Å². The van der Waals surface area contributed by atoms with E-state index in [4.69, 9.17) is 14.7 Å². The van der Waals surface area contributed by atoms with Crippen molar-refractivity contribution in [3.05, 3.63) is 28.2 Å². The van der Waals surface area contributed by atoms with Crippen molar-refractivity contribution in [2.24, 2.45) is 0 Å². The van der Waals surface area contributed by atoms with E-state index in [2.05, 4.69) is 34.2 Å². The zero-order valence-electron chi connectivity index (χ0n) is 10.9. The molecule has 1 saturated heterocycles. The van der Waals surface area contributed by atoms with Crippen LogP contribution >= 0.6 is 15.9 Å². The van der Waals surface area contributed by atoms with E-state index in [9.17, 15) is 0 Å². The Morgan fingerprint density at radius 3 is 3.11 bits per heavy atom. The summed E-state index contributed by atoms with van der Waals surface area (Å²) in [6.07, 6.45) is 1.21. The predicted octanol–water partition coefficient (Wildman–Crippen LogP) is 2.93. The molecular weight excluding hydrogens is 308 g/mol. The summed E-state index contributed by atoms with van der Waals surface area (Å²) in [4.78, 5) is 0. The molecule has 4 nitrogen and oxygen atoms in total. The van der Waals surface area contributed by atoms with Crippen LogP contribution in [0.15, 0.2) is 22.7 Å². The number of hydrogen-bond acceptors (Lipinski definition) is 4. The fraction of sp³-hybridized carbons (Fsp3) is 0.500. The molecule has 0 aromatic heterocycles. The molecule has 0 spiro atoms. The number of benzene rings is 1. The molecule has 1 aliphatic heterocycles. The molecule has 0 bridgehead atoms. The van der Waals surface area contributed by atoms with Crippen molar-refractivity contribution in [2.75, 3.05) is 25.1 Å². The van der Waals surface area contributed by atoms with Gasteiger partial charge in [0, 0.05) is 22.8 Å². The van der Waals surface area contributed by atoms with Crippen LogP contribution in [0.2, 0.25) is 0 Å². The van der Waals surface area contributed by atoms with Crippen LogP contribution in [-0.2, 0) is 9.47 Å². The van der Waals surface area contributed by atoms with Gasteiger partial charge in [-0.05, 0) is 47.5 Å². The Balaban J connectivity index is 1.84. The molecule has 0 saturated carbocycles. The van der Waals surface area contributed by atoms with Crippen molar-refractivity contribution < 1.29 is 9.47 Å². The van der Waals surface area contributed by atoms with Gasteiger partial charge in [-0.1, -0.05) is 0 Å². The first kappa shape index (κ1) is 14.3. The highest BCUT2D eigenvalue weighted by atomic mass is 79.9. The van der Waals surface area contributed by atoms with Crippen molar-refractivity contribution >= 4 is 21.6 Å². The average molecular weight is 325 g/mol. The summed E-state index contributed by atoms with van der Waals surface area (Å²) in [7, 11) is 0. The molecule has 1 aromatic carbocycles. The van der Waals surface area contributed by atoms with E-state index in [1.165, 1.54) is 0 Å². The highest BCUT2D eigenvalue weighted by Crippen LogP contribution is 2.24. The average Bonchev–Trinajstić information content (AvgIpc) is 2.92. The first-order valence-electron chi connectivity index (χ1n) is 6.34. The van der Waals surface area contributed by atoms with Crippen molar-refractivity contribution in [3.8, 4) is 6.07 Å². The first-order chi connectivity index (χ1) is 9.19. The number of nitrogens with zero attached hydrogens (tertiary/aromatic N) is 1. The van der Waals surface area contributed by atoms with E-state index in [1.54, 1.807) is 12.1 Å². The summed E-state index contributed by atoms with van der Waals surface area (Å²) in [5.74, 6) is 0. The van der Waals surface area contributed by atoms with Gasteiger partial charge in [-0.3, -0.25) is 0 Å². The van der Waals surface area contributed by atoms with Crippen molar-refractivity contribution in [2.45, 2.75) is 25.5 Å². The third-order valence-corrected chi connectivity index (χ3v) is 3.63. The van der Waals surface area contributed by atoms with Crippen molar-refractivity contribution in [1.82, 2.24) is 0 Å². The van der Waals surface area contributed by atoms with Crippen LogP contribution in [0.3, 0.4) is 0 Å². The first-order valence-corrected chi connectivity index (χ1v) is 7.14. The third-order valence-electron chi connectivity index (χ3n) is 2.97. The molecule has 2 atom stereocenters. The molecule has 2 rings (SSSR count). The van der Waals surface area contributed by atoms with Gasteiger partial charge in [0.1, 0.15) is 0 Å². The lowest BCUT2D eigenvalue weighted by molar-refractivity contribution is 0.0395. The number of rotatable bonds is 5. The van der Waals surface area contributed by atoms with Crippen LogP contribution < -0.4 is 5.32 Å². The largest absolute Gasteiger partial charge is 0.379 e. The smallest absolute Gasteiger partial charge is 0.0992 e. The van der Waals surface area contributed by atoms with E-state index in [-0.39, 0.29) is 12.1 Å². The van der Waals surface area contributed by atoms with E-state index < -0.39 is 0 Å². The molecule has 1 aliphatic rings. The molecule has 1 aromatic rings. The zero-order valence-corrected chi connectivity index (χ0v) is 12.4. The summed E-state index contributed by atoms with van der Waals surface area (Å²) in [6, 6.07) is 7.82. The van der Waals surface area contributed by atoms with Gasteiger partial charge in [0.05, 0.1) is 31.0 Å². The molecular formula is C14H17BrN2O2. The number of ether oxygens (including phenoxy) is 2. The van der Waals surface area contributed by atoms with E-state index in [1.807, 2.05) is 6.07 Å². The monoisotopic (exact) mass is 324 g/mol.